The van der Waals surface area contributed by atoms with Crippen molar-refractivity contribution in [3.8, 4) is 0 Å². The zero-order chi connectivity index (χ0) is 29.2. The Morgan fingerprint density at radius 3 is 2.05 bits per heavy atom. The number of ether oxygens (including phenoxy) is 1. The summed E-state index contributed by atoms with van der Waals surface area (Å²) in [4.78, 5) is 55.7. The first kappa shape index (κ1) is 27.3. The molecule has 1 atom stereocenters. The molecule has 3 amide bonds. The molecule has 0 aliphatic carbocycles. The molecule has 0 radical (unpaired) electrons. The van der Waals surface area contributed by atoms with E-state index in [0.717, 1.165) is 45.1 Å². The molecule has 2 aliphatic heterocycles. The first-order valence-corrected chi connectivity index (χ1v) is 14.4. The van der Waals surface area contributed by atoms with E-state index in [1.54, 1.807) is 11.0 Å². The molecule has 0 saturated carbocycles. The number of thioether (sulfide) groups is 1. The predicted molar refractivity (Wildman–Crippen MR) is 162 cm³/mol. The highest BCUT2D eigenvalue weighted by Crippen LogP contribution is 2.37. The first-order chi connectivity index (χ1) is 20.4. The van der Waals surface area contributed by atoms with E-state index < -0.39 is 17.8 Å². The summed E-state index contributed by atoms with van der Waals surface area (Å²) in [5, 5.41) is -0.591. The van der Waals surface area contributed by atoms with Gasteiger partial charge in [-0.15, -0.1) is 11.8 Å². The number of imide groups is 1. The van der Waals surface area contributed by atoms with Gasteiger partial charge in [-0.2, -0.15) is 0 Å². The van der Waals surface area contributed by atoms with Crippen molar-refractivity contribution in [1.29, 1.82) is 0 Å². The molecular weight excluding hydrogens is 550 g/mol. The number of nitrogens with zero attached hydrogens (tertiary/aromatic N) is 2. The number of anilines is 4. The van der Waals surface area contributed by atoms with Gasteiger partial charge in [0.05, 0.1) is 27.9 Å². The largest absolute Gasteiger partial charge is 0.452 e. The van der Waals surface area contributed by atoms with E-state index in [1.807, 2.05) is 66.7 Å². The van der Waals surface area contributed by atoms with Crippen molar-refractivity contribution in [3.63, 3.8) is 0 Å². The van der Waals surface area contributed by atoms with Crippen LogP contribution in [0.3, 0.4) is 0 Å². The van der Waals surface area contributed by atoms with Crippen LogP contribution in [0.5, 0.6) is 0 Å². The van der Waals surface area contributed by atoms with Crippen LogP contribution >= 0.6 is 11.8 Å². The summed E-state index contributed by atoms with van der Waals surface area (Å²) >= 11 is 1.26. The van der Waals surface area contributed by atoms with Crippen molar-refractivity contribution in [2.24, 2.45) is 0 Å². The number of hydrogen-bond donors (Lipinski definition) is 1. The van der Waals surface area contributed by atoms with Gasteiger partial charge in [0.15, 0.2) is 6.61 Å². The van der Waals surface area contributed by atoms with Crippen molar-refractivity contribution in [3.05, 3.63) is 114 Å². The summed E-state index contributed by atoms with van der Waals surface area (Å²) in [5.41, 5.74) is 10.8. The van der Waals surface area contributed by atoms with E-state index in [-0.39, 0.29) is 29.7 Å². The first-order valence-electron chi connectivity index (χ1n) is 13.5. The van der Waals surface area contributed by atoms with Crippen molar-refractivity contribution in [2.45, 2.75) is 29.4 Å². The van der Waals surface area contributed by atoms with Gasteiger partial charge >= 0.3 is 5.97 Å². The van der Waals surface area contributed by atoms with Gasteiger partial charge in [-0.05, 0) is 72.5 Å². The number of benzene rings is 4. The number of esters is 1. The molecule has 0 aromatic heterocycles. The number of carbonyl (C=O) groups excluding carboxylic acids is 4. The van der Waals surface area contributed by atoms with Gasteiger partial charge in [-0.25, -0.2) is 9.69 Å². The van der Waals surface area contributed by atoms with E-state index in [4.69, 9.17) is 10.5 Å². The average Bonchev–Trinajstić information content (AvgIpc) is 3.18. The lowest BCUT2D eigenvalue weighted by Gasteiger charge is -2.24. The Morgan fingerprint density at radius 2 is 1.40 bits per heavy atom. The van der Waals surface area contributed by atoms with Crippen LogP contribution in [0.25, 0.3) is 0 Å². The maximum Gasteiger partial charge on any atom is 0.338 e. The monoisotopic (exact) mass is 577 g/mol. The SMILES string of the molecule is Nc1ccccc1SC1CC(=O)N(c2ccc(C(=O)OCC(=O)N3c4ccccc4CCc4ccccc43)cc2)C1=O. The van der Waals surface area contributed by atoms with Crippen LogP contribution in [-0.4, -0.2) is 35.5 Å². The highest BCUT2D eigenvalue weighted by atomic mass is 32.2. The molecule has 9 heteroatoms. The number of para-hydroxylation sites is 3. The van der Waals surface area contributed by atoms with Crippen molar-refractivity contribution in [1.82, 2.24) is 0 Å². The molecule has 6 rings (SSSR count). The summed E-state index contributed by atoms with van der Waals surface area (Å²) in [7, 11) is 0. The predicted octanol–water partition coefficient (Wildman–Crippen LogP) is 5.31. The lowest BCUT2D eigenvalue weighted by molar-refractivity contribution is -0.122. The van der Waals surface area contributed by atoms with Crippen molar-refractivity contribution >= 4 is 58.2 Å². The minimum Gasteiger partial charge on any atom is -0.452 e. The lowest BCUT2D eigenvalue weighted by Crippen LogP contribution is -2.31. The standard InChI is InChI=1S/C33H27N3O5S/c34-25-9-3-6-12-28(25)42-29-19-30(37)35(32(29)39)24-17-15-23(16-18-24)33(40)41-20-31(38)36-26-10-4-1-7-21(26)13-14-22-8-2-5-11-27(22)36/h1-12,15-18,29H,13-14,19-20,34H2. The van der Waals surface area contributed by atoms with Crippen molar-refractivity contribution in [2.75, 3.05) is 22.1 Å². The van der Waals surface area contributed by atoms with Gasteiger partial charge in [-0.3, -0.25) is 19.3 Å². The molecular formula is C33H27N3O5S. The van der Waals surface area contributed by atoms with Gasteiger partial charge in [0.1, 0.15) is 0 Å². The van der Waals surface area contributed by atoms with Crippen LogP contribution in [0, 0.1) is 0 Å². The maximum atomic E-state index is 13.5. The second-order valence-electron chi connectivity index (χ2n) is 10.0. The Bertz CT molecular complexity index is 1660. The Balaban J connectivity index is 1.13. The van der Waals surface area contributed by atoms with Crippen LogP contribution in [0.15, 0.2) is 102 Å². The summed E-state index contributed by atoms with van der Waals surface area (Å²) in [6, 6.07) is 28.7. The molecule has 42 heavy (non-hydrogen) atoms. The quantitative estimate of drug-likeness (QED) is 0.188. The molecule has 1 saturated heterocycles. The summed E-state index contributed by atoms with van der Waals surface area (Å²) < 4.78 is 5.42. The summed E-state index contributed by atoms with van der Waals surface area (Å²) in [6.07, 6.45) is 1.64. The molecule has 1 unspecified atom stereocenters. The zero-order valence-electron chi connectivity index (χ0n) is 22.6. The molecule has 2 heterocycles. The van der Waals surface area contributed by atoms with Crippen LogP contribution in [-0.2, 0) is 32.0 Å². The zero-order valence-corrected chi connectivity index (χ0v) is 23.4. The Labute approximate surface area is 247 Å². The normalized spacial score (nSPS) is 16.0. The van der Waals surface area contributed by atoms with Gasteiger partial charge in [-0.1, -0.05) is 48.5 Å². The van der Waals surface area contributed by atoms with Crippen LogP contribution < -0.4 is 15.5 Å². The lowest BCUT2D eigenvalue weighted by atomic mass is 10.0. The fraction of sp³-hybridized carbons (Fsp3) is 0.152. The fourth-order valence-corrected chi connectivity index (χ4v) is 6.38. The number of fused-ring (bicyclic) bond motifs is 2. The highest BCUT2D eigenvalue weighted by molar-refractivity contribution is 8.00. The van der Waals surface area contributed by atoms with E-state index >= 15 is 0 Å². The third kappa shape index (κ3) is 5.26. The highest BCUT2D eigenvalue weighted by Gasteiger charge is 2.40. The summed E-state index contributed by atoms with van der Waals surface area (Å²) in [5.74, 6) is -1.71. The smallest absolute Gasteiger partial charge is 0.338 e. The molecule has 2 N–H and O–H groups in total. The van der Waals surface area contributed by atoms with Gasteiger partial charge in [0.25, 0.3) is 5.91 Å². The molecule has 210 valence electrons. The topological polar surface area (TPSA) is 110 Å². The van der Waals surface area contributed by atoms with E-state index in [2.05, 4.69) is 0 Å². The molecule has 4 aromatic rings. The third-order valence-corrected chi connectivity index (χ3v) is 8.64. The van der Waals surface area contributed by atoms with Crippen LogP contribution in [0.2, 0.25) is 0 Å². The number of carbonyl (C=O) groups is 4. The number of nitrogens with two attached hydrogens (primary N) is 1. The second-order valence-corrected chi connectivity index (χ2v) is 11.3. The Kier molecular flexibility index (Phi) is 7.50. The minimum absolute atomic E-state index is 0.0481. The molecule has 0 bridgehead atoms. The number of amides is 3. The molecule has 1 fully saturated rings. The summed E-state index contributed by atoms with van der Waals surface area (Å²) in [6.45, 7) is -0.451. The minimum atomic E-state index is -0.682. The fourth-order valence-electron chi connectivity index (χ4n) is 5.28. The van der Waals surface area contributed by atoms with Gasteiger partial charge < -0.3 is 10.5 Å². The third-order valence-electron chi connectivity index (χ3n) is 7.36. The number of nitrogen functional groups attached to an aromatic ring is 1. The Hall–Kier alpha value is -4.89. The number of aryl methyl sites for hydroxylation is 2. The molecule has 2 aliphatic rings. The van der Waals surface area contributed by atoms with E-state index in [0.29, 0.717) is 11.4 Å². The average molecular weight is 578 g/mol. The second kappa shape index (κ2) is 11.5. The molecule has 4 aromatic carbocycles. The van der Waals surface area contributed by atoms with Gasteiger partial charge in [0.2, 0.25) is 11.8 Å². The Morgan fingerprint density at radius 1 is 0.810 bits per heavy atom. The van der Waals surface area contributed by atoms with E-state index in [9.17, 15) is 19.2 Å². The van der Waals surface area contributed by atoms with Crippen LogP contribution in [0.4, 0.5) is 22.7 Å². The number of rotatable bonds is 6. The molecule has 0 spiro atoms. The van der Waals surface area contributed by atoms with Crippen LogP contribution in [0.1, 0.15) is 27.9 Å². The van der Waals surface area contributed by atoms with E-state index in [1.165, 1.54) is 36.0 Å². The number of hydrogen-bond acceptors (Lipinski definition) is 7. The van der Waals surface area contributed by atoms with Gasteiger partial charge in [0, 0.05) is 17.0 Å². The molecule has 8 nitrogen and oxygen atoms in total. The maximum absolute atomic E-state index is 13.5. The van der Waals surface area contributed by atoms with Crippen molar-refractivity contribution < 1.29 is 23.9 Å².